The standard InChI is InChI=1S/C13H20N2O/c1-14-13(11-7-8-15-9-11)10-3-5-12(16-2)6-4-10/h3-6,11,13-15H,7-9H2,1-2H3. The van der Waals surface area contributed by atoms with Crippen LogP contribution in [-0.4, -0.2) is 27.2 Å². The summed E-state index contributed by atoms with van der Waals surface area (Å²) < 4.78 is 5.18. The van der Waals surface area contributed by atoms with Gasteiger partial charge in [0.2, 0.25) is 0 Å². The van der Waals surface area contributed by atoms with Gasteiger partial charge in [0.25, 0.3) is 0 Å². The molecule has 1 aliphatic heterocycles. The second-order valence-electron chi connectivity index (χ2n) is 4.29. The Bertz CT molecular complexity index is 317. The molecular weight excluding hydrogens is 200 g/mol. The van der Waals surface area contributed by atoms with Gasteiger partial charge in [-0.15, -0.1) is 0 Å². The van der Waals surface area contributed by atoms with Gasteiger partial charge in [0, 0.05) is 6.04 Å². The van der Waals surface area contributed by atoms with Crippen molar-refractivity contribution in [2.24, 2.45) is 5.92 Å². The molecule has 0 radical (unpaired) electrons. The predicted octanol–water partition coefficient (Wildman–Crippen LogP) is 1.57. The van der Waals surface area contributed by atoms with Crippen LogP contribution in [0, 0.1) is 5.92 Å². The van der Waals surface area contributed by atoms with Gasteiger partial charge in [0.15, 0.2) is 0 Å². The molecule has 16 heavy (non-hydrogen) atoms. The number of hydrogen-bond acceptors (Lipinski definition) is 3. The van der Waals surface area contributed by atoms with Crippen LogP contribution in [0.3, 0.4) is 0 Å². The fourth-order valence-corrected chi connectivity index (χ4v) is 2.45. The molecule has 0 aromatic heterocycles. The zero-order chi connectivity index (χ0) is 11.4. The van der Waals surface area contributed by atoms with Crippen LogP contribution in [0.4, 0.5) is 0 Å². The van der Waals surface area contributed by atoms with Crippen molar-refractivity contribution >= 4 is 0 Å². The Morgan fingerprint density at radius 3 is 2.62 bits per heavy atom. The van der Waals surface area contributed by atoms with E-state index >= 15 is 0 Å². The lowest BCUT2D eigenvalue weighted by molar-refractivity contribution is 0.404. The minimum Gasteiger partial charge on any atom is -0.497 e. The van der Waals surface area contributed by atoms with Crippen LogP contribution in [0.15, 0.2) is 24.3 Å². The average molecular weight is 220 g/mol. The fraction of sp³-hybridized carbons (Fsp3) is 0.538. The highest BCUT2D eigenvalue weighted by Gasteiger charge is 2.24. The van der Waals surface area contributed by atoms with Crippen molar-refractivity contribution in [3.8, 4) is 5.75 Å². The van der Waals surface area contributed by atoms with Crippen LogP contribution in [0.25, 0.3) is 0 Å². The topological polar surface area (TPSA) is 33.3 Å². The van der Waals surface area contributed by atoms with Crippen molar-refractivity contribution in [1.82, 2.24) is 10.6 Å². The average Bonchev–Trinajstić information content (AvgIpc) is 2.85. The molecule has 1 saturated heterocycles. The maximum Gasteiger partial charge on any atom is 0.118 e. The Kier molecular flexibility index (Phi) is 3.80. The summed E-state index contributed by atoms with van der Waals surface area (Å²) in [4.78, 5) is 0. The molecule has 0 saturated carbocycles. The monoisotopic (exact) mass is 220 g/mol. The first-order chi connectivity index (χ1) is 7.85. The van der Waals surface area contributed by atoms with Crippen molar-refractivity contribution in [2.75, 3.05) is 27.2 Å². The largest absolute Gasteiger partial charge is 0.497 e. The lowest BCUT2D eigenvalue weighted by Crippen LogP contribution is -2.26. The van der Waals surface area contributed by atoms with Crippen LogP contribution in [0.5, 0.6) is 5.75 Å². The van der Waals surface area contributed by atoms with Gasteiger partial charge in [-0.05, 0) is 50.2 Å². The van der Waals surface area contributed by atoms with Crippen molar-refractivity contribution in [3.63, 3.8) is 0 Å². The molecule has 2 unspecified atom stereocenters. The van der Waals surface area contributed by atoms with E-state index in [4.69, 9.17) is 4.74 Å². The minimum absolute atomic E-state index is 0.445. The van der Waals surface area contributed by atoms with Gasteiger partial charge in [-0.2, -0.15) is 0 Å². The number of benzene rings is 1. The number of ether oxygens (including phenoxy) is 1. The van der Waals surface area contributed by atoms with Crippen LogP contribution in [0.1, 0.15) is 18.0 Å². The smallest absolute Gasteiger partial charge is 0.118 e. The van der Waals surface area contributed by atoms with Crippen molar-refractivity contribution in [3.05, 3.63) is 29.8 Å². The molecule has 1 fully saturated rings. The molecule has 88 valence electrons. The molecule has 0 aliphatic carbocycles. The molecule has 3 nitrogen and oxygen atoms in total. The van der Waals surface area contributed by atoms with Crippen LogP contribution >= 0.6 is 0 Å². The molecule has 2 rings (SSSR count). The van der Waals surface area contributed by atoms with E-state index in [2.05, 4.69) is 22.8 Å². The Balaban J connectivity index is 2.12. The summed E-state index contributed by atoms with van der Waals surface area (Å²) in [5, 5.41) is 6.83. The van der Waals surface area contributed by atoms with Crippen LogP contribution in [-0.2, 0) is 0 Å². The lowest BCUT2D eigenvalue weighted by atomic mass is 9.92. The Labute approximate surface area is 97.2 Å². The SMILES string of the molecule is CNC(c1ccc(OC)cc1)C1CCNC1. The maximum absolute atomic E-state index is 5.18. The lowest BCUT2D eigenvalue weighted by Gasteiger charge is -2.23. The fourth-order valence-electron chi connectivity index (χ4n) is 2.45. The molecule has 0 spiro atoms. The number of methoxy groups -OCH3 is 1. The molecular formula is C13H20N2O. The quantitative estimate of drug-likeness (QED) is 0.808. The highest BCUT2D eigenvalue weighted by molar-refractivity contribution is 5.29. The van der Waals surface area contributed by atoms with Crippen molar-refractivity contribution in [1.29, 1.82) is 0 Å². The van der Waals surface area contributed by atoms with Crippen molar-refractivity contribution < 1.29 is 4.74 Å². The molecule has 1 aromatic rings. The van der Waals surface area contributed by atoms with Gasteiger partial charge in [0.05, 0.1) is 7.11 Å². The van der Waals surface area contributed by atoms with E-state index in [0.29, 0.717) is 12.0 Å². The third-order valence-electron chi connectivity index (χ3n) is 3.36. The third-order valence-corrected chi connectivity index (χ3v) is 3.36. The summed E-state index contributed by atoms with van der Waals surface area (Å²) in [6.45, 7) is 2.25. The zero-order valence-corrected chi connectivity index (χ0v) is 9.99. The summed E-state index contributed by atoms with van der Waals surface area (Å²) in [6, 6.07) is 8.81. The van der Waals surface area contributed by atoms with Gasteiger partial charge >= 0.3 is 0 Å². The predicted molar refractivity (Wildman–Crippen MR) is 65.8 cm³/mol. The second-order valence-corrected chi connectivity index (χ2v) is 4.29. The summed E-state index contributed by atoms with van der Waals surface area (Å²) >= 11 is 0. The Morgan fingerprint density at radius 2 is 2.12 bits per heavy atom. The van der Waals surface area contributed by atoms with Gasteiger partial charge in [-0.3, -0.25) is 0 Å². The molecule has 1 heterocycles. The summed E-state index contributed by atoms with van der Waals surface area (Å²) in [5.74, 6) is 1.61. The third kappa shape index (κ3) is 2.36. The number of rotatable bonds is 4. The normalized spacial score (nSPS) is 22.0. The van der Waals surface area contributed by atoms with Gasteiger partial charge < -0.3 is 15.4 Å². The first-order valence-corrected chi connectivity index (χ1v) is 5.87. The highest BCUT2D eigenvalue weighted by atomic mass is 16.5. The molecule has 2 N–H and O–H groups in total. The molecule has 1 aromatic carbocycles. The number of hydrogen-bond donors (Lipinski definition) is 2. The molecule has 1 aliphatic rings. The minimum atomic E-state index is 0.445. The second kappa shape index (κ2) is 5.32. The Hall–Kier alpha value is -1.06. The first-order valence-electron chi connectivity index (χ1n) is 5.87. The summed E-state index contributed by atoms with van der Waals surface area (Å²) in [7, 11) is 3.73. The van der Waals surface area contributed by atoms with Crippen LogP contribution < -0.4 is 15.4 Å². The number of nitrogens with one attached hydrogen (secondary N) is 2. The molecule has 0 amide bonds. The maximum atomic E-state index is 5.18. The summed E-state index contributed by atoms with van der Waals surface area (Å²) in [6.07, 6.45) is 1.25. The van der Waals surface area contributed by atoms with Gasteiger partial charge in [-0.25, -0.2) is 0 Å². The van der Waals surface area contributed by atoms with E-state index in [-0.39, 0.29) is 0 Å². The molecule has 2 atom stereocenters. The van der Waals surface area contributed by atoms with Gasteiger partial charge in [0.1, 0.15) is 5.75 Å². The van der Waals surface area contributed by atoms with Crippen molar-refractivity contribution in [2.45, 2.75) is 12.5 Å². The van der Waals surface area contributed by atoms with E-state index < -0.39 is 0 Å². The van der Waals surface area contributed by atoms with E-state index in [9.17, 15) is 0 Å². The van der Waals surface area contributed by atoms with E-state index in [1.54, 1.807) is 7.11 Å². The highest BCUT2D eigenvalue weighted by Crippen LogP contribution is 2.27. The Morgan fingerprint density at radius 1 is 1.38 bits per heavy atom. The van der Waals surface area contributed by atoms with E-state index in [1.165, 1.54) is 12.0 Å². The van der Waals surface area contributed by atoms with Gasteiger partial charge in [-0.1, -0.05) is 12.1 Å². The van der Waals surface area contributed by atoms with E-state index in [0.717, 1.165) is 18.8 Å². The van der Waals surface area contributed by atoms with E-state index in [1.807, 2.05) is 19.2 Å². The molecule has 3 heteroatoms. The zero-order valence-electron chi connectivity index (χ0n) is 9.99. The summed E-state index contributed by atoms with van der Waals surface area (Å²) in [5.41, 5.74) is 1.34. The first kappa shape index (κ1) is 11.4. The molecule has 0 bridgehead atoms. The van der Waals surface area contributed by atoms with Crippen LogP contribution in [0.2, 0.25) is 0 Å².